The molecule has 3 aromatic rings. The van der Waals surface area contributed by atoms with Crippen molar-refractivity contribution < 1.29 is 12.8 Å². The molecular formula is C18H16ClFN2O2S2. The van der Waals surface area contributed by atoms with Gasteiger partial charge in [0.05, 0.1) is 10.6 Å². The molecule has 2 aromatic carbocycles. The topological polar surface area (TPSA) is 59.1 Å². The molecule has 0 aliphatic carbocycles. The van der Waals surface area contributed by atoms with Crippen molar-refractivity contribution in [3.63, 3.8) is 0 Å². The zero-order chi connectivity index (χ0) is 18.7. The van der Waals surface area contributed by atoms with Crippen LogP contribution < -0.4 is 4.72 Å². The highest BCUT2D eigenvalue weighted by Gasteiger charge is 2.15. The number of sulfonamides is 1. The zero-order valence-electron chi connectivity index (χ0n) is 13.9. The Bertz CT molecular complexity index is 1020. The van der Waals surface area contributed by atoms with E-state index < -0.39 is 15.8 Å². The highest BCUT2D eigenvalue weighted by molar-refractivity contribution is 7.89. The van der Waals surface area contributed by atoms with Crippen molar-refractivity contribution in [1.82, 2.24) is 9.71 Å². The largest absolute Gasteiger partial charge is 0.241 e. The Kier molecular flexibility index (Phi) is 5.72. The van der Waals surface area contributed by atoms with Crippen molar-refractivity contribution >= 4 is 33.0 Å². The fourth-order valence-corrected chi connectivity index (χ4v) is 4.43. The Morgan fingerprint density at radius 1 is 1.19 bits per heavy atom. The lowest BCUT2D eigenvalue weighted by atomic mass is 10.2. The van der Waals surface area contributed by atoms with Crippen LogP contribution in [0.4, 0.5) is 4.39 Å². The van der Waals surface area contributed by atoms with Crippen LogP contribution in [0, 0.1) is 12.7 Å². The van der Waals surface area contributed by atoms with E-state index in [1.54, 1.807) is 12.1 Å². The second-order valence-corrected chi connectivity index (χ2v) is 8.77. The zero-order valence-corrected chi connectivity index (χ0v) is 16.3. The molecule has 0 amide bonds. The predicted molar refractivity (Wildman–Crippen MR) is 103 cm³/mol. The average molecular weight is 411 g/mol. The smallest absolute Gasteiger partial charge is 0.240 e. The lowest BCUT2D eigenvalue weighted by molar-refractivity contribution is 0.580. The van der Waals surface area contributed by atoms with Crippen molar-refractivity contribution in [3.8, 4) is 10.6 Å². The molecule has 1 aromatic heterocycles. The van der Waals surface area contributed by atoms with Gasteiger partial charge in [0.1, 0.15) is 10.8 Å². The predicted octanol–water partition coefficient (Wildman–Crippen LogP) is 4.43. The summed E-state index contributed by atoms with van der Waals surface area (Å²) in [6, 6.07) is 11.1. The molecule has 0 aliphatic rings. The number of thiazole rings is 1. The van der Waals surface area contributed by atoms with E-state index in [2.05, 4.69) is 9.71 Å². The molecule has 136 valence electrons. The molecule has 0 spiro atoms. The van der Waals surface area contributed by atoms with E-state index in [-0.39, 0.29) is 11.4 Å². The van der Waals surface area contributed by atoms with Crippen molar-refractivity contribution in [1.29, 1.82) is 0 Å². The van der Waals surface area contributed by atoms with E-state index >= 15 is 0 Å². The van der Waals surface area contributed by atoms with Crippen molar-refractivity contribution in [2.75, 3.05) is 6.54 Å². The first-order chi connectivity index (χ1) is 12.3. The molecule has 3 rings (SSSR count). The third-order valence-corrected chi connectivity index (χ3v) is 6.41. The first-order valence-electron chi connectivity index (χ1n) is 7.81. The molecule has 1 N–H and O–H groups in total. The number of aryl methyl sites for hydroxylation is 1. The molecule has 0 saturated carbocycles. The van der Waals surface area contributed by atoms with Gasteiger partial charge in [0, 0.05) is 28.9 Å². The van der Waals surface area contributed by atoms with Gasteiger partial charge in [-0.25, -0.2) is 22.5 Å². The number of nitrogens with zero attached hydrogens (tertiary/aromatic N) is 1. The molecule has 0 fully saturated rings. The summed E-state index contributed by atoms with van der Waals surface area (Å²) < 4.78 is 40.4. The minimum absolute atomic E-state index is 0.0523. The Morgan fingerprint density at radius 3 is 2.62 bits per heavy atom. The van der Waals surface area contributed by atoms with E-state index in [0.717, 1.165) is 22.3 Å². The van der Waals surface area contributed by atoms with Gasteiger partial charge in [0.25, 0.3) is 0 Å². The Hall–Kier alpha value is -1.80. The van der Waals surface area contributed by atoms with Gasteiger partial charge >= 0.3 is 0 Å². The lowest BCUT2D eigenvalue weighted by Gasteiger charge is -2.07. The SMILES string of the molecule is Cc1cc(S(=O)(=O)NCCc2csc(-c3ccc(Cl)cc3)n2)ccc1F. The van der Waals surface area contributed by atoms with Crippen LogP contribution in [0.3, 0.4) is 0 Å². The number of benzene rings is 2. The Labute approximate surface area is 160 Å². The summed E-state index contributed by atoms with van der Waals surface area (Å²) in [4.78, 5) is 4.57. The van der Waals surface area contributed by atoms with Crippen LogP contribution in [0.2, 0.25) is 5.02 Å². The van der Waals surface area contributed by atoms with Crippen LogP contribution in [-0.2, 0) is 16.4 Å². The number of hydrogen-bond donors (Lipinski definition) is 1. The van der Waals surface area contributed by atoms with E-state index in [9.17, 15) is 12.8 Å². The molecule has 0 radical (unpaired) electrons. The number of nitrogens with one attached hydrogen (secondary N) is 1. The van der Waals surface area contributed by atoms with Gasteiger partial charge in [-0.2, -0.15) is 0 Å². The molecule has 0 bridgehead atoms. The minimum Gasteiger partial charge on any atom is -0.241 e. The maximum Gasteiger partial charge on any atom is 0.240 e. The van der Waals surface area contributed by atoms with E-state index in [1.807, 2.05) is 17.5 Å². The van der Waals surface area contributed by atoms with Crippen LogP contribution in [0.1, 0.15) is 11.3 Å². The standard InChI is InChI=1S/C18H16ClFN2O2S2/c1-12-10-16(6-7-17(12)20)26(23,24)21-9-8-15-11-25-18(22-15)13-2-4-14(19)5-3-13/h2-7,10-11,21H,8-9H2,1H3. The molecule has 0 atom stereocenters. The third kappa shape index (κ3) is 4.48. The Balaban J connectivity index is 1.62. The Morgan fingerprint density at radius 2 is 1.92 bits per heavy atom. The van der Waals surface area contributed by atoms with E-state index in [1.165, 1.54) is 30.4 Å². The maximum atomic E-state index is 13.3. The second kappa shape index (κ2) is 7.84. The highest BCUT2D eigenvalue weighted by Crippen LogP contribution is 2.25. The molecule has 0 aliphatic heterocycles. The maximum absolute atomic E-state index is 13.3. The number of hydrogen-bond acceptors (Lipinski definition) is 4. The second-order valence-electron chi connectivity index (χ2n) is 5.71. The number of halogens is 2. The number of rotatable bonds is 6. The van der Waals surface area contributed by atoms with Gasteiger partial charge in [-0.15, -0.1) is 11.3 Å². The number of aromatic nitrogens is 1. The van der Waals surface area contributed by atoms with Gasteiger partial charge in [-0.1, -0.05) is 23.7 Å². The third-order valence-electron chi connectivity index (χ3n) is 3.76. The summed E-state index contributed by atoms with van der Waals surface area (Å²) in [5.41, 5.74) is 2.06. The van der Waals surface area contributed by atoms with E-state index in [4.69, 9.17) is 11.6 Å². The van der Waals surface area contributed by atoms with Crippen LogP contribution in [0.15, 0.2) is 52.7 Å². The minimum atomic E-state index is -3.68. The molecular weight excluding hydrogens is 395 g/mol. The quantitative estimate of drug-likeness (QED) is 0.653. The summed E-state index contributed by atoms with van der Waals surface area (Å²) in [6.07, 6.45) is 0.462. The molecule has 4 nitrogen and oxygen atoms in total. The van der Waals surface area contributed by atoms with Gasteiger partial charge in [-0.3, -0.25) is 0 Å². The van der Waals surface area contributed by atoms with Gasteiger partial charge in [-0.05, 0) is 42.8 Å². The molecule has 26 heavy (non-hydrogen) atoms. The fourth-order valence-electron chi connectivity index (χ4n) is 2.33. The summed E-state index contributed by atoms with van der Waals surface area (Å²) >= 11 is 7.37. The first kappa shape index (κ1) is 19.0. The van der Waals surface area contributed by atoms with Crippen LogP contribution in [-0.4, -0.2) is 19.9 Å². The molecule has 1 heterocycles. The fraction of sp³-hybridized carbons (Fsp3) is 0.167. The molecule has 0 unspecified atom stereocenters. The summed E-state index contributed by atoms with van der Waals surface area (Å²) in [5.74, 6) is -0.429. The average Bonchev–Trinajstić information content (AvgIpc) is 3.06. The highest BCUT2D eigenvalue weighted by atomic mass is 35.5. The lowest BCUT2D eigenvalue weighted by Crippen LogP contribution is -2.26. The van der Waals surface area contributed by atoms with E-state index in [0.29, 0.717) is 17.0 Å². The normalized spacial score (nSPS) is 11.7. The van der Waals surface area contributed by atoms with Crippen LogP contribution >= 0.6 is 22.9 Å². The monoisotopic (exact) mass is 410 g/mol. The first-order valence-corrected chi connectivity index (χ1v) is 10.6. The van der Waals surface area contributed by atoms with Crippen molar-refractivity contribution in [2.45, 2.75) is 18.2 Å². The van der Waals surface area contributed by atoms with Gasteiger partial charge in [0.15, 0.2) is 0 Å². The van der Waals surface area contributed by atoms with Crippen molar-refractivity contribution in [2.24, 2.45) is 0 Å². The summed E-state index contributed by atoms with van der Waals surface area (Å²) in [5, 5.41) is 3.42. The van der Waals surface area contributed by atoms with Crippen molar-refractivity contribution in [3.05, 3.63) is 69.9 Å². The summed E-state index contributed by atoms with van der Waals surface area (Å²) in [7, 11) is -3.68. The molecule has 0 saturated heterocycles. The molecule has 8 heteroatoms. The van der Waals surface area contributed by atoms with Gasteiger partial charge < -0.3 is 0 Å². The van der Waals surface area contributed by atoms with Crippen LogP contribution in [0.25, 0.3) is 10.6 Å². The summed E-state index contributed by atoms with van der Waals surface area (Å²) in [6.45, 7) is 1.74. The van der Waals surface area contributed by atoms with Gasteiger partial charge in [0.2, 0.25) is 10.0 Å². The van der Waals surface area contributed by atoms with Crippen LogP contribution in [0.5, 0.6) is 0 Å².